The van der Waals surface area contributed by atoms with Crippen molar-refractivity contribution in [3.63, 3.8) is 0 Å². The molecule has 0 bridgehead atoms. The number of ether oxygens (including phenoxy) is 1. The van der Waals surface area contributed by atoms with E-state index in [9.17, 15) is 0 Å². The second-order valence-corrected chi connectivity index (χ2v) is 12.4. The van der Waals surface area contributed by atoms with Crippen LogP contribution < -0.4 is 0 Å². The van der Waals surface area contributed by atoms with E-state index in [1.807, 2.05) is 11.8 Å². The summed E-state index contributed by atoms with van der Waals surface area (Å²) in [6.07, 6.45) is 3.18. The van der Waals surface area contributed by atoms with Crippen molar-refractivity contribution in [3.05, 3.63) is 36.4 Å². The molecular formula is C17H27O2SSi+. The van der Waals surface area contributed by atoms with Crippen LogP contribution in [-0.4, -0.2) is 19.9 Å². The maximum Gasteiger partial charge on any atom is 0.256 e. The molecule has 0 N–H and O–H groups in total. The molecule has 0 aromatic heterocycles. The molecule has 1 unspecified atom stereocenters. The molecular weight excluding hydrogens is 296 g/mol. The Kier molecular flexibility index (Phi) is 5.47. The van der Waals surface area contributed by atoms with Crippen LogP contribution in [0.25, 0.3) is 0 Å². The minimum absolute atomic E-state index is 0.378. The lowest BCUT2D eigenvalue weighted by Gasteiger charge is -2.35. The van der Waals surface area contributed by atoms with E-state index in [2.05, 4.69) is 63.8 Å². The average Bonchev–Trinajstić information content (AvgIpc) is 2.80. The van der Waals surface area contributed by atoms with Crippen molar-refractivity contribution >= 4 is 20.1 Å². The van der Waals surface area contributed by atoms with Gasteiger partial charge in [-0.2, -0.15) is 4.74 Å². The predicted octanol–water partition coefficient (Wildman–Crippen LogP) is 5.32. The maximum atomic E-state index is 6.42. The normalized spacial score (nSPS) is 23.0. The van der Waals surface area contributed by atoms with E-state index in [1.165, 1.54) is 11.0 Å². The van der Waals surface area contributed by atoms with Crippen LogP contribution in [0.2, 0.25) is 19.6 Å². The largest absolute Gasteiger partial charge is 0.387 e. The SMILES string of the molecule is CC(C)C1(O[Si](C)(C)C)CC[C+](CSc2ccccc2)O1. The summed E-state index contributed by atoms with van der Waals surface area (Å²) in [5.74, 6) is 0.911. The monoisotopic (exact) mass is 323 g/mol. The number of thioether (sulfide) groups is 1. The first kappa shape index (κ1) is 16.9. The Balaban J connectivity index is 1.94. The highest BCUT2D eigenvalue weighted by atomic mass is 32.2. The Morgan fingerprint density at radius 3 is 2.52 bits per heavy atom. The molecule has 1 aliphatic heterocycles. The summed E-state index contributed by atoms with van der Waals surface area (Å²) in [5.41, 5.74) is 0. The molecule has 0 amide bonds. The van der Waals surface area contributed by atoms with Gasteiger partial charge in [0.15, 0.2) is 14.1 Å². The first-order valence-electron chi connectivity index (χ1n) is 7.72. The van der Waals surface area contributed by atoms with Gasteiger partial charge < -0.3 is 4.43 Å². The van der Waals surface area contributed by atoms with E-state index in [1.54, 1.807) is 0 Å². The fourth-order valence-corrected chi connectivity index (χ4v) is 4.85. The Labute approximate surface area is 134 Å². The highest BCUT2D eigenvalue weighted by Gasteiger charge is 2.53. The summed E-state index contributed by atoms with van der Waals surface area (Å²) >= 11 is 1.84. The third-order valence-electron chi connectivity index (χ3n) is 3.57. The number of hydrogen-bond donors (Lipinski definition) is 0. The minimum Gasteiger partial charge on any atom is -0.387 e. The third kappa shape index (κ3) is 4.78. The fraction of sp³-hybridized carbons (Fsp3) is 0.588. The van der Waals surface area contributed by atoms with Gasteiger partial charge in [0, 0.05) is 17.2 Å². The molecule has 116 valence electrons. The van der Waals surface area contributed by atoms with Gasteiger partial charge >= 0.3 is 0 Å². The first-order valence-corrected chi connectivity index (χ1v) is 12.1. The van der Waals surface area contributed by atoms with Gasteiger partial charge in [-0.15, -0.1) is 0 Å². The van der Waals surface area contributed by atoms with Crippen molar-refractivity contribution in [1.29, 1.82) is 0 Å². The Hall–Kier alpha value is -0.423. The van der Waals surface area contributed by atoms with Gasteiger partial charge in [-0.1, -0.05) is 43.8 Å². The molecule has 1 saturated heterocycles. The van der Waals surface area contributed by atoms with Crippen LogP contribution in [0.5, 0.6) is 0 Å². The summed E-state index contributed by atoms with van der Waals surface area (Å²) in [4.78, 5) is 1.29. The lowest BCUT2D eigenvalue weighted by molar-refractivity contribution is -0.180. The summed E-state index contributed by atoms with van der Waals surface area (Å²) in [5, 5.41) is 0. The molecule has 1 aliphatic rings. The molecule has 2 rings (SSSR count). The molecule has 4 heteroatoms. The van der Waals surface area contributed by atoms with Crippen molar-refractivity contribution in [2.75, 3.05) is 5.75 Å². The van der Waals surface area contributed by atoms with E-state index in [0.29, 0.717) is 5.92 Å². The second kappa shape index (κ2) is 6.78. The topological polar surface area (TPSA) is 18.5 Å². The highest BCUT2D eigenvalue weighted by molar-refractivity contribution is 7.99. The van der Waals surface area contributed by atoms with Gasteiger partial charge in [-0.05, 0) is 31.8 Å². The quantitative estimate of drug-likeness (QED) is 0.401. The summed E-state index contributed by atoms with van der Waals surface area (Å²) in [6, 6.07) is 10.5. The van der Waals surface area contributed by atoms with Crippen molar-refractivity contribution in [2.24, 2.45) is 5.92 Å². The predicted molar refractivity (Wildman–Crippen MR) is 92.7 cm³/mol. The summed E-state index contributed by atoms with van der Waals surface area (Å²) < 4.78 is 12.7. The molecule has 1 atom stereocenters. The molecule has 1 aromatic carbocycles. The minimum atomic E-state index is -1.62. The summed E-state index contributed by atoms with van der Waals surface area (Å²) in [7, 11) is -1.62. The second-order valence-electron chi connectivity index (χ2n) is 6.92. The van der Waals surface area contributed by atoms with E-state index < -0.39 is 14.1 Å². The van der Waals surface area contributed by atoms with Gasteiger partial charge in [-0.3, -0.25) is 0 Å². The Morgan fingerprint density at radius 2 is 1.95 bits per heavy atom. The van der Waals surface area contributed by atoms with Crippen molar-refractivity contribution in [1.82, 2.24) is 0 Å². The smallest absolute Gasteiger partial charge is 0.256 e. The molecule has 2 nitrogen and oxygen atoms in total. The van der Waals surface area contributed by atoms with Gasteiger partial charge in [-0.25, -0.2) is 0 Å². The van der Waals surface area contributed by atoms with E-state index in [4.69, 9.17) is 9.16 Å². The molecule has 1 fully saturated rings. The van der Waals surface area contributed by atoms with E-state index >= 15 is 0 Å². The van der Waals surface area contributed by atoms with Gasteiger partial charge in [0.2, 0.25) is 5.79 Å². The molecule has 1 heterocycles. The molecule has 0 spiro atoms. The molecule has 0 aliphatic carbocycles. The summed E-state index contributed by atoms with van der Waals surface area (Å²) in [6.45, 7) is 11.1. The molecule has 21 heavy (non-hydrogen) atoms. The number of rotatable bonds is 6. The van der Waals surface area contributed by atoms with Gasteiger partial charge in [0.1, 0.15) is 6.42 Å². The fourth-order valence-electron chi connectivity index (χ4n) is 2.56. The number of benzene rings is 1. The van der Waals surface area contributed by atoms with E-state index in [0.717, 1.165) is 18.6 Å². The van der Waals surface area contributed by atoms with Crippen molar-refractivity contribution in [2.45, 2.75) is 57.0 Å². The van der Waals surface area contributed by atoms with Crippen LogP contribution in [0.1, 0.15) is 26.7 Å². The van der Waals surface area contributed by atoms with Crippen LogP contribution in [0.3, 0.4) is 0 Å². The van der Waals surface area contributed by atoms with Crippen molar-refractivity contribution in [3.8, 4) is 0 Å². The zero-order valence-electron chi connectivity index (χ0n) is 13.8. The van der Waals surface area contributed by atoms with Crippen LogP contribution in [0.15, 0.2) is 35.2 Å². The van der Waals surface area contributed by atoms with Gasteiger partial charge in [0.25, 0.3) is 6.10 Å². The molecule has 0 saturated carbocycles. The zero-order valence-corrected chi connectivity index (χ0v) is 15.6. The standard InChI is InChI=1S/C17H27O2SSi/c1-14(2)17(19-21(3,4)5)12-11-15(18-17)13-20-16-9-7-6-8-10-16/h6-10,14H,11-13H2,1-5H3/q+1. The van der Waals surface area contributed by atoms with E-state index in [-0.39, 0.29) is 0 Å². The van der Waals surface area contributed by atoms with Crippen LogP contribution in [0.4, 0.5) is 0 Å². The average molecular weight is 324 g/mol. The Bertz CT molecular complexity index is 444. The van der Waals surface area contributed by atoms with Crippen LogP contribution >= 0.6 is 11.8 Å². The Morgan fingerprint density at radius 1 is 1.29 bits per heavy atom. The third-order valence-corrected chi connectivity index (χ3v) is 5.60. The van der Waals surface area contributed by atoms with Gasteiger partial charge in [0.05, 0.1) is 0 Å². The molecule has 1 aromatic rings. The highest BCUT2D eigenvalue weighted by Crippen LogP contribution is 2.44. The van der Waals surface area contributed by atoms with Crippen LogP contribution in [-0.2, 0) is 9.16 Å². The molecule has 0 radical (unpaired) electrons. The zero-order chi connectivity index (χ0) is 15.5. The lowest BCUT2D eigenvalue weighted by atomic mass is 10.00. The lowest BCUT2D eigenvalue weighted by Crippen LogP contribution is -2.46. The first-order chi connectivity index (χ1) is 9.81. The van der Waals surface area contributed by atoms with Crippen molar-refractivity contribution < 1.29 is 9.16 Å². The maximum absolute atomic E-state index is 6.42. The van der Waals surface area contributed by atoms with Crippen LogP contribution in [0, 0.1) is 12.0 Å². The number of hydrogen-bond acceptors (Lipinski definition) is 3.